The van der Waals surface area contributed by atoms with Crippen molar-refractivity contribution in [3.8, 4) is 22.5 Å². The first-order chi connectivity index (χ1) is 16.5. The van der Waals surface area contributed by atoms with Gasteiger partial charge in [0.1, 0.15) is 11.6 Å². The molecule has 0 aliphatic rings. The van der Waals surface area contributed by atoms with Gasteiger partial charge in [-0.3, -0.25) is 4.98 Å². The van der Waals surface area contributed by atoms with Crippen LogP contribution < -0.4 is 11.1 Å². The number of pyridine rings is 1. The Morgan fingerprint density at radius 1 is 1.12 bits per heavy atom. The van der Waals surface area contributed by atoms with Crippen LogP contribution in [0.3, 0.4) is 0 Å². The number of halogens is 1. The smallest absolute Gasteiger partial charge is 0.165 e. The van der Waals surface area contributed by atoms with Crippen LogP contribution in [0.2, 0.25) is 0 Å². The maximum absolute atomic E-state index is 14.6. The van der Waals surface area contributed by atoms with E-state index >= 15 is 0 Å². The molecule has 0 saturated carbocycles. The predicted octanol–water partition coefficient (Wildman–Crippen LogP) is 5.15. The number of anilines is 1. The lowest BCUT2D eigenvalue weighted by atomic mass is 10.1. The van der Waals surface area contributed by atoms with Gasteiger partial charge in [0.25, 0.3) is 0 Å². The van der Waals surface area contributed by atoms with Gasteiger partial charge in [0.05, 0.1) is 33.2 Å². The van der Waals surface area contributed by atoms with Gasteiger partial charge in [0, 0.05) is 29.7 Å². The van der Waals surface area contributed by atoms with Crippen molar-refractivity contribution in [2.75, 3.05) is 11.9 Å². The molecule has 5 aromatic rings. The molecule has 7 nitrogen and oxygen atoms in total. The molecule has 3 N–H and O–H groups in total. The van der Waals surface area contributed by atoms with Crippen molar-refractivity contribution in [1.29, 1.82) is 0 Å². The zero-order valence-electron chi connectivity index (χ0n) is 18.7. The summed E-state index contributed by atoms with van der Waals surface area (Å²) in [7, 11) is 0. The number of fused-ring (bicyclic) bond motifs is 1. The summed E-state index contributed by atoms with van der Waals surface area (Å²) in [5, 5.41) is 9.47. The van der Waals surface area contributed by atoms with E-state index in [0.717, 1.165) is 34.1 Å². The number of nitrogens with two attached hydrogens (primary N) is 1. The van der Waals surface area contributed by atoms with Crippen LogP contribution >= 0.6 is 11.3 Å². The monoisotopic (exact) mass is 474 g/mol. The van der Waals surface area contributed by atoms with Crippen LogP contribution in [0.1, 0.15) is 17.0 Å². The Balaban J connectivity index is 1.55. The van der Waals surface area contributed by atoms with Crippen molar-refractivity contribution >= 4 is 27.4 Å². The van der Waals surface area contributed by atoms with Crippen LogP contribution in [0.15, 0.2) is 58.7 Å². The summed E-state index contributed by atoms with van der Waals surface area (Å²) in [5.41, 5.74) is 11.1. The van der Waals surface area contributed by atoms with Crippen molar-refractivity contribution in [2.45, 2.75) is 26.3 Å². The van der Waals surface area contributed by atoms with E-state index in [4.69, 9.17) is 15.2 Å². The molecular formula is C25H23FN6OS. The highest BCUT2D eigenvalue weighted by Gasteiger charge is 2.21. The third-order valence-corrected chi connectivity index (χ3v) is 6.58. The Morgan fingerprint density at radius 2 is 1.94 bits per heavy atom. The van der Waals surface area contributed by atoms with E-state index < -0.39 is 5.82 Å². The standard InChI is InChI=1S/C25H23FN6OS/c1-14-21(15(2)33-32-14)19-13-34-23-22(19)30-24(18-8-9-28-12-20(18)26)31-25(23)29-11-17(27)10-16-6-4-3-5-7-16/h3-9,12-13,17H,10-11,27H2,1-2H3,(H,29,30,31)/t17-/m0/s1. The molecule has 4 aromatic heterocycles. The first-order valence-corrected chi connectivity index (χ1v) is 11.7. The molecule has 1 aromatic carbocycles. The zero-order valence-corrected chi connectivity index (χ0v) is 19.6. The molecule has 172 valence electrons. The number of hydrogen-bond acceptors (Lipinski definition) is 8. The Hall–Kier alpha value is -3.69. The van der Waals surface area contributed by atoms with E-state index in [0.29, 0.717) is 23.6 Å². The van der Waals surface area contributed by atoms with Crippen LogP contribution in [0.5, 0.6) is 0 Å². The van der Waals surface area contributed by atoms with E-state index in [2.05, 4.69) is 32.6 Å². The highest BCUT2D eigenvalue weighted by Crippen LogP contribution is 2.40. The van der Waals surface area contributed by atoms with Gasteiger partial charge in [-0.25, -0.2) is 14.4 Å². The SMILES string of the molecule is Cc1noc(C)c1-c1csc2c(NC[C@@H](N)Cc3ccccc3)nc(-c3ccncc3F)nc12. The molecule has 0 aliphatic heterocycles. The topological polar surface area (TPSA) is 103 Å². The summed E-state index contributed by atoms with van der Waals surface area (Å²) in [6.07, 6.45) is 3.41. The normalized spacial score (nSPS) is 12.2. The third kappa shape index (κ3) is 4.27. The largest absolute Gasteiger partial charge is 0.367 e. The maximum atomic E-state index is 14.6. The molecule has 0 aliphatic carbocycles. The fourth-order valence-electron chi connectivity index (χ4n) is 3.98. The lowest BCUT2D eigenvalue weighted by Gasteiger charge is -2.15. The summed E-state index contributed by atoms with van der Waals surface area (Å²) in [6.45, 7) is 4.25. The predicted molar refractivity (Wildman–Crippen MR) is 132 cm³/mol. The highest BCUT2D eigenvalue weighted by atomic mass is 32.1. The summed E-state index contributed by atoms with van der Waals surface area (Å²) in [6, 6.07) is 11.5. The Bertz CT molecular complexity index is 1430. The van der Waals surface area contributed by atoms with Gasteiger partial charge in [-0.2, -0.15) is 0 Å². The lowest BCUT2D eigenvalue weighted by molar-refractivity contribution is 0.393. The van der Waals surface area contributed by atoms with Gasteiger partial charge >= 0.3 is 0 Å². The quantitative estimate of drug-likeness (QED) is 0.336. The summed E-state index contributed by atoms with van der Waals surface area (Å²) >= 11 is 1.52. The van der Waals surface area contributed by atoms with E-state index in [9.17, 15) is 4.39 Å². The fraction of sp³-hybridized carbons (Fsp3) is 0.200. The zero-order chi connectivity index (χ0) is 23.7. The summed E-state index contributed by atoms with van der Waals surface area (Å²) in [5.74, 6) is 1.11. The molecule has 1 atom stereocenters. The van der Waals surface area contributed by atoms with Gasteiger partial charge in [0.15, 0.2) is 11.6 Å². The number of nitrogens with one attached hydrogen (secondary N) is 1. The minimum Gasteiger partial charge on any atom is -0.367 e. The molecule has 0 saturated heterocycles. The Labute approximate surface area is 199 Å². The molecule has 9 heteroatoms. The van der Waals surface area contributed by atoms with E-state index in [1.807, 2.05) is 37.4 Å². The highest BCUT2D eigenvalue weighted by molar-refractivity contribution is 7.18. The van der Waals surface area contributed by atoms with Crippen LogP contribution in [0.4, 0.5) is 10.2 Å². The number of thiophene rings is 1. The number of hydrogen-bond donors (Lipinski definition) is 2. The molecule has 0 amide bonds. The van der Waals surface area contributed by atoms with Crippen molar-refractivity contribution in [2.24, 2.45) is 5.73 Å². The average Bonchev–Trinajstić information content (AvgIpc) is 3.40. The lowest BCUT2D eigenvalue weighted by Crippen LogP contribution is -2.31. The van der Waals surface area contributed by atoms with Crippen LogP contribution in [-0.4, -0.2) is 32.7 Å². The molecule has 0 unspecified atom stereocenters. The van der Waals surface area contributed by atoms with Gasteiger partial charge in [-0.1, -0.05) is 35.5 Å². The van der Waals surface area contributed by atoms with Crippen LogP contribution in [0, 0.1) is 19.7 Å². The Kier molecular flexibility index (Phi) is 6.04. The van der Waals surface area contributed by atoms with Crippen molar-refractivity contribution < 1.29 is 8.91 Å². The van der Waals surface area contributed by atoms with Crippen LogP contribution in [-0.2, 0) is 6.42 Å². The van der Waals surface area contributed by atoms with Gasteiger partial charge in [0.2, 0.25) is 0 Å². The summed E-state index contributed by atoms with van der Waals surface area (Å²) in [4.78, 5) is 13.3. The average molecular weight is 475 g/mol. The van der Waals surface area contributed by atoms with E-state index in [1.54, 1.807) is 6.07 Å². The molecule has 0 radical (unpaired) electrons. The van der Waals surface area contributed by atoms with Crippen LogP contribution in [0.25, 0.3) is 32.7 Å². The maximum Gasteiger partial charge on any atom is 0.165 e. The fourth-order valence-corrected chi connectivity index (χ4v) is 4.94. The second-order valence-corrected chi connectivity index (χ2v) is 8.99. The number of aryl methyl sites for hydroxylation is 2. The van der Waals surface area contributed by atoms with Crippen molar-refractivity contribution in [3.05, 3.63) is 77.0 Å². The Morgan fingerprint density at radius 3 is 2.68 bits per heavy atom. The first kappa shape index (κ1) is 22.1. The molecule has 0 spiro atoms. The molecule has 5 rings (SSSR count). The number of rotatable bonds is 7. The molecule has 0 fully saturated rings. The number of benzene rings is 1. The molecule has 34 heavy (non-hydrogen) atoms. The van der Waals surface area contributed by atoms with Gasteiger partial charge in [-0.15, -0.1) is 11.3 Å². The second-order valence-electron chi connectivity index (χ2n) is 8.11. The minimum absolute atomic E-state index is 0.129. The first-order valence-electron chi connectivity index (χ1n) is 10.9. The van der Waals surface area contributed by atoms with Crippen molar-refractivity contribution in [3.63, 3.8) is 0 Å². The molecule has 4 heterocycles. The third-order valence-electron chi connectivity index (χ3n) is 5.60. The number of aromatic nitrogens is 4. The van der Waals surface area contributed by atoms with Crippen molar-refractivity contribution in [1.82, 2.24) is 20.1 Å². The van der Waals surface area contributed by atoms with Gasteiger partial charge in [-0.05, 0) is 31.9 Å². The second kappa shape index (κ2) is 9.28. The van der Waals surface area contributed by atoms with E-state index in [1.165, 1.54) is 23.1 Å². The minimum atomic E-state index is -0.484. The van der Waals surface area contributed by atoms with E-state index in [-0.39, 0.29) is 17.4 Å². The molecular weight excluding hydrogens is 451 g/mol. The molecule has 0 bridgehead atoms. The van der Waals surface area contributed by atoms with Gasteiger partial charge < -0.3 is 15.6 Å². The number of nitrogens with zero attached hydrogens (tertiary/aromatic N) is 4. The summed E-state index contributed by atoms with van der Waals surface area (Å²) < 4.78 is 20.8.